The van der Waals surface area contributed by atoms with Crippen LogP contribution in [0.15, 0.2) is 42.5 Å². The molecule has 1 aliphatic carbocycles. The lowest BCUT2D eigenvalue weighted by Gasteiger charge is -2.34. The molecule has 3 rings (SSSR count). The maximum Gasteiger partial charge on any atom is 0.244 e. The highest BCUT2D eigenvalue weighted by Gasteiger charge is 2.33. The molecular formula is C27H35Cl2N3O4S. The monoisotopic (exact) mass is 567 g/mol. The molecule has 1 fully saturated rings. The van der Waals surface area contributed by atoms with Gasteiger partial charge in [0.1, 0.15) is 12.6 Å². The van der Waals surface area contributed by atoms with E-state index in [1.165, 1.54) is 17.0 Å². The van der Waals surface area contributed by atoms with E-state index in [-0.39, 0.29) is 34.2 Å². The average molecular weight is 569 g/mol. The van der Waals surface area contributed by atoms with Crippen molar-refractivity contribution in [2.75, 3.05) is 17.1 Å². The Morgan fingerprint density at radius 2 is 1.76 bits per heavy atom. The highest BCUT2D eigenvalue weighted by Crippen LogP contribution is 2.31. The molecule has 1 saturated carbocycles. The van der Waals surface area contributed by atoms with E-state index in [1.54, 1.807) is 6.07 Å². The standard InChI is InChI=1S/C27H35Cl2N3O4S/c1-4-24(27(34)30-22-12-6-5-7-13-22)31(17-20-11-9-8-10-19(20)2)26(33)18-32(37(3,35)36)25-16-21(28)14-15-23(25)29/h8-11,14-16,22,24H,4-7,12-13,17-18H2,1-3H3,(H,30,34)/t24-/m1/s1. The largest absolute Gasteiger partial charge is 0.352 e. The fourth-order valence-corrected chi connectivity index (χ4v) is 6.00. The van der Waals surface area contributed by atoms with Gasteiger partial charge in [-0.15, -0.1) is 0 Å². The van der Waals surface area contributed by atoms with Crippen LogP contribution in [0.25, 0.3) is 0 Å². The molecule has 0 radical (unpaired) electrons. The molecule has 0 bridgehead atoms. The Bertz CT molecular complexity index is 1220. The number of halogens is 2. The molecule has 0 saturated heterocycles. The van der Waals surface area contributed by atoms with Gasteiger partial charge in [-0.05, 0) is 55.5 Å². The molecular weight excluding hydrogens is 533 g/mol. The summed E-state index contributed by atoms with van der Waals surface area (Å²) < 4.78 is 26.5. The highest BCUT2D eigenvalue weighted by molar-refractivity contribution is 7.92. The molecule has 202 valence electrons. The first kappa shape index (κ1) is 29.3. The predicted octanol–water partition coefficient (Wildman–Crippen LogP) is 5.32. The van der Waals surface area contributed by atoms with Crippen LogP contribution in [-0.2, 0) is 26.2 Å². The molecule has 2 aromatic rings. The van der Waals surface area contributed by atoms with Gasteiger partial charge in [0.15, 0.2) is 0 Å². The van der Waals surface area contributed by atoms with Gasteiger partial charge in [0, 0.05) is 17.6 Å². The summed E-state index contributed by atoms with van der Waals surface area (Å²) in [6.45, 7) is 3.45. The normalized spacial score (nSPS) is 15.2. The van der Waals surface area contributed by atoms with Crippen molar-refractivity contribution in [3.05, 3.63) is 63.6 Å². The molecule has 0 heterocycles. The SMILES string of the molecule is CC[C@H](C(=O)NC1CCCCC1)N(Cc1ccccc1C)C(=O)CN(c1cc(Cl)ccc1Cl)S(C)(=O)=O. The lowest BCUT2D eigenvalue weighted by molar-refractivity contribution is -0.140. The van der Waals surface area contributed by atoms with Crippen LogP contribution >= 0.6 is 23.2 Å². The number of anilines is 1. The van der Waals surface area contributed by atoms with Crippen molar-refractivity contribution >= 4 is 50.7 Å². The Labute approximate surface area is 230 Å². The van der Waals surface area contributed by atoms with Crippen LogP contribution in [0.1, 0.15) is 56.6 Å². The van der Waals surface area contributed by atoms with Crippen LogP contribution in [0.2, 0.25) is 10.0 Å². The number of carbonyl (C=O) groups excluding carboxylic acids is 2. The summed E-state index contributed by atoms with van der Waals surface area (Å²) in [7, 11) is -3.90. The Kier molecular flexibility index (Phi) is 10.3. The molecule has 0 spiro atoms. The third-order valence-electron chi connectivity index (χ3n) is 6.80. The van der Waals surface area contributed by atoms with Gasteiger partial charge in [-0.1, -0.05) is 73.7 Å². The van der Waals surface area contributed by atoms with Crippen LogP contribution in [0.5, 0.6) is 0 Å². The van der Waals surface area contributed by atoms with Crippen molar-refractivity contribution in [2.45, 2.75) is 71.0 Å². The molecule has 0 unspecified atom stereocenters. The topological polar surface area (TPSA) is 86.8 Å². The number of nitrogens with zero attached hydrogens (tertiary/aromatic N) is 2. The number of hydrogen-bond donors (Lipinski definition) is 1. The predicted molar refractivity (Wildman–Crippen MR) is 149 cm³/mol. The number of amides is 2. The summed E-state index contributed by atoms with van der Waals surface area (Å²) in [6.07, 6.45) is 6.53. The first-order valence-corrected chi connectivity index (χ1v) is 15.2. The molecule has 1 atom stereocenters. The molecule has 1 aliphatic rings. The van der Waals surface area contributed by atoms with Crippen molar-refractivity contribution in [3.8, 4) is 0 Å². The molecule has 1 N–H and O–H groups in total. The smallest absolute Gasteiger partial charge is 0.244 e. The van der Waals surface area contributed by atoms with E-state index in [1.807, 2.05) is 38.1 Å². The van der Waals surface area contributed by atoms with Crippen molar-refractivity contribution in [1.82, 2.24) is 10.2 Å². The van der Waals surface area contributed by atoms with Gasteiger partial charge in [-0.2, -0.15) is 0 Å². The average Bonchev–Trinajstić information content (AvgIpc) is 2.85. The lowest BCUT2D eigenvalue weighted by Crippen LogP contribution is -2.54. The van der Waals surface area contributed by atoms with Gasteiger partial charge in [0.25, 0.3) is 0 Å². The Morgan fingerprint density at radius 3 is 2.38 bits per heavy atom. The van der Waals surface area contributed by atoms with E-state index in [2.05, 4.69) is 5.32 Å². The quantitative estimate of drug-likeness (QED) is 0.420. The summed E-state index contributed by atoms with van der Waals surface area (Å²) in [5.74, 6) is -0.724. The first-order valence-electron chi connectivity index (χ1n) is 12.6. The number of aryl methyl sites for hydroxylation is 1. The number of hydrogen-bond acceptors (Lipinski definition) is 4. The summed E-state index contributed by atoms with van der Waals surface area (Å²) in [4.78, 5) is 28.8. The van der Waals surface area contributed by atoms with Crippen LogP contribution in [0, 0.1) is 6.92 Å². The Hall–Kier alpha value is -2.29. The van der Waals surface area contributed by atoms with Gasteiger partial charge >= 0.3 is 0 Å². The Morgan fingerprint density at radius 1 is 1.08 bits per heavy atom. The lowest BCUT2D eigenvalue weighted by atomic mass is 9.95. The zero-order chi connectivity index (χ0) is 27.2. The van der Waals surface area contributed by atoms with Crippen LogP contribution in [-0.4, -0.2) is 50.0 Å². The summed E-state index contributed by atoms with van der Waals surface area (Å²) in [5, 5.41) is 3.57. The second-order valence-electron chi connectivity index (χ2n) is 9.58. The van der Waals surface area contributed by atoms with Crippen molar-refractivity contribution < 1.29 is 18.0 Å². The van der Waals surface area contributed by atoms with Crippen LogP contribution < -0.4 is 9.62 Å². The van der Waals surface area contributed by atoms with Crippen molar-refractivity contribution in [3.63, 3.8) is 0 Å². The fraction of sp³-hybridized carbons (Fsp3) is 0.481. The van der Waals surface area contributed by atoms with Gasteiger partial charge in [-0.3, -0.25) is 13.9 Å². The maximum absolute atomic E-state index is 13.8. The van der Waals surface area contributed by atoms with Gasteiger partial charge < -0.3 is 10.2 Å². The highest BCUT2D eigenvalue weighted by atomic mass is 35.5. The third kappa shape index (κ3) is 7.85. The molecule has 10 heteroatoms. The van der Waals surface area contributed by atoms with E-state index in [9.17, 15) is 18.0 Å². The zero-order valence-corrected chi connectivity index (χ0v) is 23.9. The van der Waals surface area contributed by atoms with Gasteiger partial charge in [0.2, 0.25) is 21.8 Å². The number of benzene rings is 2. The summed E-state index contributed by atoms with van der Waals surface area (Å²) in [6, 6.07) is 11.4. The molecule has 2 amide bonds. The minimum absolute atomic E-state index is 0.0866. The van der Waals surface area contributed by atoms with Crippen molar-refractivity contribution in [2.24, 2.45) is 0 Å². The zero-order valence-electron chi connectivity index (χ0n) is 21.5. The van der Waals surface area contributed by atoms with Crippen LogP contribution in [0.3, 0.4) is 0 Å². The second kappa shape index (κ2) is 13.0. The number of rotatable bonds is 10. The van der Waals surface area contributed by atoms with Crippen LogP contribution in [0.4, 0.5) is 5.69 Å². The van der Waals surface area contributed by atoms with E-state index in [0.717, 1.165) is 53.8 Å². The first-order chi connectivity index (χ1) is 17.5. The molecule has 37 heavy (non-hydrogen) atoms. The minimum atomic E-state index is -3.90. The summed E-state index contributed by atoms with van der Waals surface area (Å²) >= 11 is 12.4. The molecule has 0 aromatic heterocycles. The van der Waals surface area contributed by atoms with E-state index in [0.29, 0.717) is 6.42 Å². The third-order valence-corrected chi connectivity index (χ3v) is 8.48. The number of carbonyl (C=O) groups is 2. The van der Waals surface area contributed by atoms with E-state index >= 15 is 0 Å². The maximum atomic E-state index is 13.8. The van der Waals surface area contributed by atoms with Gasteiger partial charge in [-0.25, -0.2) is 8.42 Å². The molecule has 0 aliphatic heterocycles. The summed E-state index contributed by atoms with van der Waals surface area (Å²) in [5.41, 5.74) is 1.97. The fourth-order valence-electron chi connectivity index (χ4n) is 4.71. The van der Waals surface area contributed by atoms with Crippen molar-refractivity contribution in [1.29, 1.82) is 0 Å². The molecule has 2 aromatic carbocycles. The van der Waals surface area contributed by atoms with Gasteiger partial charge in [0.05, 0.1) is 17.0 Å². The van der Waals surface area contributed by atoms with E-state index in [4.69, 9.17) is 23.2 Å². The molecule has 7 nitrogen and oxygen atoms in total. The second-order valence-corrected chi connectivity index (χ2v) is 12.3. The Balaban J connectivity index is 1.95. The van der Waals surface area contributed by atoms with E-state index < -0.39 is 28.5 Å². The number of sulfonamides is 1. The minimum Gasteiger partial charge on any atom is -0.352 e. The number of nitrogens with one attached hydrogen (secondary N) is 1.